The Morgan fingerprint density at radius 2 is 2.15 bits per heavy atom. The lowest BCUT2D eigenvalue weighted by molar-refractivity contribution is -0.112. The molecule has 0 heterocycles. The zero-order valence-electron chi connectivity index (χ0n) is 7.92. The van der Waals surface area contributed by atoms with Gasteiger partial charge >= 0.3 is 0 Å². The smallest absolute Gasteiger partial charge is 0.130 e. The second kappa shape index (κ2) is 2.99. The maximum atomic E-state index is 11.0. The summed E-state index contributed by atoms with van der Waals surface area (Å²) in [5.41, 5.74) is 2.36. The molecule has 0 fully saturated rings. The Kier molecular flexibility index (Phi) is 1.95. The first-order valence-corrected chi connectivity index (χ1v) is 4.81. The third-order valence-corrected chi connectivity index (χ3v) is 3.03. The standard InChI is InChI=1S/C12H14O/c1-12(9-13)8-4-6-10-5-2-3-7-11(10)12/h2-3,5,7,9H,4,6,8H2,1H3/t12-/m0/s1. The van der Waals surface area contributed by atoms with Crippen LogP contribution in [0.1, 0.15) is 30.9 Å². The van der Waals surface area contributed by atoms with Crippen molar-refractivity contribution in [1.82, 2.24) is 0 Å². The van der Waals surface area contributed by atoms with Gasteiger partial charge in [-0.1, -0.05) is 24.3 Å². The van der Waals surface area contributed by atoms with Crippen LogP contribution in [0.2, 0.25) is 0 Å². The summed E-state index contributed by atoms with van der Waals surface area (Å²) in [4.78, 5) is 11.0. The number of rotatable bonds is 1. The summed E-state index contributed by atoms with van der Waals surface area (Å²) in [5, 5.41) is 0. The molecule has 2 rings (SSSR count). The molecule has 13 heavy (non-hydrogen) atoms. The SMILES string of the molecule is C[C@@]1(C=O)CCCc2ccccc21. The second-order valence-corrected chi connectivity index (χ2v) is 4.05. The van der Waals surface area contributed by atoms with Crippen molar-refractivity contribution in [2.45, 2.75) is 31.6 Å². The van der Waals surface area contributed by atoms with Crippen LogP contribution in [0.5, 0.6) is 0 Å². The van der Waals surface area contributed by atoms with Crippen LogP contribution < -0.4 is 0 Å². The Hall–Kier alpha value is -1.11. The Balaban J connectivity index is 2.54. The van der Waals surface area contributed by atoms with E-state index in [-0.39, 0.29) is 5.41 Å². The molecule has 0 bridgehead atoms. The summed E-state index contributed by atoms with van der Waals surface area (Å²) < 4.78 is 0. The zero-order chi connectivity index (χ0) is 9.31. The molecule has 0 amide bonds. The van der Waals surface area contributed by atoms with Gasteiger partial charge in [-0.25, -0.2) is 0 Å². The van der Waals surface area contributed by atoms with Gasteiger partial charge in [0.15, 0.2) is 0 Å². The molecule has 1 aromatic rings. The van der Waals surface area contributed by atoms with Gasteiger partial charge in [0.25, 0.3) is 0 Å². The zero-order valence-corrected chi connectivity index (χ0v) is 7.92. The summed E-state index contributed by atoms with van der Waals surface area (Å²) in [5.74, 6) is 0. The van der Waals surface area contributed by atoms with Crippen LogP contribution in [0, 0.1) is 0 Å². The molecule has 1 atom stereocenters. The topological polar surface area (TPSA) is 17.1 Å². The van der Waals surface area contributed by atoms with Gasteiger partial charge in [-0.2, -0.15) is 0 Å². The fourth-order valence-corrected chi connectivity index (χ4v) is 2.20. The molecule has 68 valence electrons. The van der Waals surface area contributed by atoms with Crippen LogP contribution in [-0.2, 0) is 16.6 Å². The minimum atomic E-state index is -0.227. The van der Waals surface area contributed by atoms with Crippen LogP contribution in [0.25, 0.3) is 0 Å². The fourth-order valence-electron chi connectivity index (χ4n) is 2.20. The lowest BCUT2D eigenvalue weighted by Crippen LogP contribution is -2.28. The number of carbonyl (C=O) groups excluding carboxylic acids is 1. The highest BCUT2D eigenvalue weighted by molar-refractivity contribution is 5.69. The molecule has 0 unspecified atom stereocenters. The van der Waals surface area contributed by atoms with Crippen molar-refractivity contribution in [2.24, 2.45) is 0 Å². The molecule has 1 aliphatic carbocycles. The van der Waals surface area contributed by atoms with Crippen molar-refractivity contribution in [3.05, 3.63) is 35.4 Å². The fraction of sp³-hybridized carbons (Fsp3) is 0.417. The molecular formula is C12H14O. The molecule has 1 nitrogen and oxygen atoms in total. The van der Waals surface area contributed by atoms with Crippen LogP contribution in [0.4, 0.5) is 0 Å². The minimum Gasteiger partial charge on any atom is -0.302 e. The third kappa shape index (κ3) is 1.28. The van der Waals surface area contributed by atoms with E-state index in [0.717, 1.165) is 25.5 Å². The lowest BCUT2D eigenvalue weighted by Gasteiger charge is -2.30. The van der Waals surface area contributed by atoms with E-state index < -0.39 is 0 Å². The first-order chi connectivity index (χ1) is 6.26. The van der Waals surface area contributed by atoms with Gasteiger partial charge in [-0.3, -0.25) is 0 Å². The number of benzene rings is 1. The first-order valence-electron chi connectivity index (χ1n) is 4.81. The van der Waals surface area contributed by atoms with Crippen LogP contribution >= 0.6 is 0 Å². The van der Waals surface area contributed by atoms with Gasteiger partial charge in [0.1, 0.15) is 6.29 Å². The normalized spacial score (nSPS) is 26.5. The van der Waals surface area contributed by atoms with Gasteiger partial charge < -0.3 is 4.79 Å². The number of hydrogen-bond donors (Lipinski definition) is 0. The molecule has 0 radical (unpaired) electrons. The highest BCUT2D eigenvalue weighted by Gasteiger charge is 2.30. The highest BCUT2D eigenvalue weighted by atomic mass is 16.1. The summed E-state index contributed by atoms with van der Waals surface area (Å²) in [6, 6.07) is 8.29. The van der Waals surface area contributed by atoms with Crippen LogP contribution in [0.3, 0.4) is 0 Å². The Labute approximate surface area is 78.8 Å². The Morgan fingerprint density at radius 1 is 1.38 bits per heavy atom. The number of fused-ring (bicyclic) bond motifs is 1. The second-order valence-electron chi connectivity index (χ2n) is 4.05. The minimum absolute atomic E-state index is 0.227. The van der Waals surface area contributed by atoms with Crippen molar-refractivity contribution in [3.63, 3.8) is 0 Å². The first kappa shape index (κ1) is 8.49. The summed E-state index contributed by atoms with van der Waals surface area (Å²) in [6.07, 6.45) is 4.35. The van der Waals surface area contributed by atoms with Crippen molar-refractivity contribution in [1.29, 1.82) is 0 Å². The predicted molar refractivity (Wildman–Crippen MR) is 52.8 cm³/mol. The van der Waals surface area contributed by atoms with E-state index in [1.54, 1.807) is 0 Å². The van der Waals surface area contributed by atoms with Gasteiger partial charge in [-0.05, 0) is 37.3 Å². The number of aryl methyl sites for hydroxylation is 1. The van der Waals surface area contributed by atoms with E-state index >= 15 is 0 Å². The van der Waals surface area contributed by atoms with Crippen LogP contribution in [0.15, 0.2) is 24.3 Å². The number of hydrogen-bond acceptors (Lipinski definition) is 1. The Bertz CT molecular complexity index is 330. The third-order valence-electron chi connectivity index (χ3n) is 3.03. The van der Waals surface area contributed by atoms with Gasteiger partial charge in [0.05, 0.1) is 0 Å². The summed E-state index contributed by atoms with van der Waals surface area (Å²) in [6.45, 7) is 2.04. The lowest BCUT2D eigenvalue weighted by atomic mass is 9.72. The molecular weight excluding hydrogens is 160 g/mol. The molecule has 0 saturated heterocycles. The van der Waals surface area contributed by atoms with E-state index in [1.807, 2.05) is 13.0 Å². The molecule has 0 aliphatic heterocycles. The highest BCUT2D eigenvalue weighted by Crippen LogP contribution is 2.35. The van der Waals surface area contributed by atoms with Gasteiger partial charge in [0.2, 0.25) is 0 Å². The van der Waals surface area contributed by atoms with Crippen molar-refractivity contribution >= 4 is 6.29 Å². The van der Waals surface area contributed by atoms with Crippen molar-refractivity contribution in [2.75, 3.05) is 0 Å². The molecule has 0 spiro atoms. The quantitative estimate of drug-likeness (QED) is 0.598. The van der Waals surface area contributed by atoms with Crippen molar-refractivity contribution < 1.29 is 4.79 Å². The van der Waals surface area contributed by atoms with E-state index in [2.05, 4.69) is 18.2 Å². The maximum absolute atomic E-state index is 11.0. The molecule has 0 aromatic heterocycles. The molecule has 1 aliphatic rings. The molecule has 1 heteroatoms. The Morgan fingerprint density at radius 3 is 2.92 bits per heavy atom. The monoisotopic (exact) mass is 174 g/mol. The van der Waals surface area contributed by atoms with Gasteiger partial charge in [-0.15, -0.1) is 0 Å². The van der Waals surface area contributed by atoms with Crippen molar-refractivity contribution in [3.8, 4) is 0 Å². The average Bonchev–Trinajstić information content (AvgIpc) is 2.19. The number of carbonyl (C=O) groups is 1. The summed E-state index contributed by atoms with van der Waals surface area (Å²) in [7, 11) is 0. The molecule has 0 saturated carbocycles. The summed E-state index contributed by atoms with van der Waals surface area (Å²) >= 11 is 0. The van der Waals surface area contributed by atoms with E-state index in [9.17, 15) is 4.79 Å². The van der Waals surface area contributed by atoms with E-state index in [4.69, 9.17) is 0 Å². The van der Waals surface area contributed by atoms with E-state index in [0.29, 0.717) is 0 Å². The maximum Gasteiger partial charge on any atom is 0.130 e. The molecule has 0 N–H and O–H groups in total. The van der Waals surface area contributed by atoms with E-state index in [1.165, 1.54) is 11.1 Å². The molecule has 1 aromatic carbocycles. The predicted octanol–water partition coefficient (Wildman–Crippen LogP) is 2.48. The largest absolute Gasteiger partial charge is 0.302 e. The average molecular weight is 174 g/mol. The number of aldehydes is 1. The van der Waals surface area contributed by atoms with Crippen LogP contribution in [-0.4, -0.2) is 6.29 Å². The van der Waals surface area contributed by atoms with Gasteiger partial charge in [0, 0.05) is 5.41 Å².